The first kappa shape index (κ1) is 18.4. The average Bonchev–Trinajstić information content (AvgIpc) is 3.15. The minimum absolute atomic E-state index is 0.0975. The molecular formula is C19H18N2O6. The fourth-order valence-corrected chi connectivity index (χ4v) is 2.74. The molecule has 0 aromatic heterocycles. The Kier molecular flexibility index (Phi) is 5.65. The second-order valence-corrected chi connectivity index (χ2v) is 6.11. The summed E-state index contributed by atoms with van der Waals surface area (Å²) in [6.07, 6.45) is -0.371. The monoisotopic (exact) mass is 370 g/mol. The number of nitrogens with zero attached hydrogens (tertiary/aromatic N) is 2. The van der Waals surface area contributed by atoms with E-state index in [0.717, 1.165) is 5.56 Å². The summed E-state index contributed by atoms with van der Waals surface area (Å²) in [6.45, 7) is 0.877. The number of carbonyl (C=O) groups excluding carboxylic acids is 2. The lowest BCUT2D eigenvalue weighted by atomic mass is 10.2. The van der Waals surface area contributed by atoms with Gasteiger partial charge in [0.2, 0.25) is 0 Å². The molecule has 1 atom stereocenters. The van der Waals surface area contributed by atoms with Crippen LogP contribution >= 0.6 is 0 Å². The molecule has 2 aromatic carbocycles. The molecule has 27 heavy (non-hydrogen) atoms. The van der Waals surface area contributed by atoms with Gasteiger partial charge in [0.15, 0.2) is 0 Å². The van der Waals surface area contributed by atoms with Crippen LogP contribution in [0.2, 0.25) is 0 Å². The van der Waals surface area contributed by atoms with Crippen molar-refractivity contribution < 1.29 is 24.0 Å². The van der Waals surface area contributed by atoms with Crippen LogP contribution in [0.3, 0.4) is 0 Å². The number of non-ortho nitro benzene ring substituents is 1. The lowest BCUT2D eigenvalue weighted by Gasteiger charge is -2.16. The third-order valence-electron chi connectivity index (χ3n) is 4.20. The number of carbonyl (C=O) groups is 2. The number of amides is 1. The Balaban J connectivity index is 1.48. The first-order valence-electron chi connectivity index (χ1n) is 8.44. The summed E-state index contributed by atoms with van der Waals surface area (Å²) in [5, 5.41) is 10.6. The van der Waals surface area contributed by atoms with Gasteiger partial charge in [-0.15, -0.1) is 0 Å². The Hall–Kier alpha value is -3.42. The third kappa shape index (κ3) is 4.81. The van der Waals surface area contributed by atoms with Gasteiger partial charge in [-0.2, -0.15) is 0 Å². The van der Waals surface area contributed by atoms with E-state index >= 15 is 0 Å². The molecule has 0 saturated carbocycles. The molecule has 1 amide bonds. The van der Waals surface area contributed by atoms with E-state index in [1.54, 1.807) is 0 Å². The number of benzene rings is 2. The fourth-order valence-electron chi connectivity index (χ4n) is 2.74. The molecule has 1 unspecified atom stereocenters. The van der Waals surface area contributed by atoms with Crippen LogP contribution in [0.15, 0.2) is 54.6 Å². The molecule has 0 radical (unpaired) electrons. The molecule has 8 nitrogen and oxygen atoms in total. The summed E-state index contributed by atoms with van der Waals surface area (Å²) in [5.74, 6) is -0.575. The van der Waals surface area contributed by atoms with E-state index in [2.05, 4.69) is 0 Å². The molecule has 1 fully saturated rings. The average molecular weight is 370 g/mol. The molecular weight excluding hydrogens is 352 g/mol. The van der Waals surface area contributed by atoms with E-state index in [9.17, 15) is 19.7 Å². The molecule has 1 heterocycles. The molecule has 1 aliphatic heterocycles. The number of likely N-dealkylation sites (tertiary alicyclic amines) is 1. The van der Waals surface area contributed by atoms with Gasteiger partial charge in [-0.05, 0) is 17.7 Å². The summed E-state index contributed by atoms with van der Waals surface area (Å²) in [5.41, 5.74) is 1.02. The van der Waals surface area contributed by atoms with E-state index in [1.165, 1.54) is 29.2 Å². The largest absolute Gasteiger partial charge is 0.457 e. The summed E-state index contributed by atoms with van der Waals surface area (Å²) in [4.78, 5) is 35.9. The molecule has 0 N–H and O–H groups in total. The number of nitro groups is 1. The highest BCUT2D eigenvalue weighted by atomic mass is 16.6. The predicted octanol–water partition coefficient (Wildman–Crippen LogP) is 3.16. The zero-order valence-electron chi connectivity index (χ0n) is 14.4. The number of nitro benzene ring substituents is 1. The fraction of sp³-hybridized carbons (Fsp3) is 0.263. The van der Waals surface area contributed by atoms with Gasteiger partial charge in [-0.1, -0.05) is 30.3 Å². The predicted molar refractivity (Wildman–Crippen MR) is 95.1 cm³/mol. The van der Waals surface area contributed by atoms with Gasteiger partial charge in [0.25, 0.3) is 5.69 Å². The van der Waals surface area contributed by atoms with Crippen molar-refractivity contribution in [3.63, 3.8) is 0 Å². The topological polar surface area (TPSA) is 99.0 Å². The maximum absolute atomic E-state index is 12.1. The van der Waals surface area contributed by atoms with E-state index in [4.69, 9.17) is 9.47 Å². The second kappa shape index (κ2) is 8.31. The van der Waals surface area contributed by atoms with Gasteiger partial charge in [-0.25, -0.2) is 9.59 Å². The van der Waals surface area contributed by atoms with Crippen molar-refractivity contribution in [2.75, 3.05) is 13.1 Å². The number of hydrogen-bond acceptors (Lipinski definition) is 6. The first-order valence-corrected chi connectivity index (χ1v) is 8.44. The van der Waals surface area contributed by atoms with Gasteiger partial charge in [0, 0.05) is 25.1 Å². The van der Waals surface area contributed by atoms with E-state index in [1.807, 2.05) is 30.3 Å². The summed E-state index contributed by atoms with van der Waals surface area (Å²) >= 11 is 0. The van der Waals surface area contributed by atoms with Gasteiger partial charge >= 0.3 is 12.1 Å². The highest BCUT2D eigenvalue weighted by Gasteiger charge is 2.30. The summed E-state index contributed by atoms with van der Waals surface area (Å²) in [7, 11) is 0. The number of rotatable bonds is 5. The second-order valence-electron chi connectivity index (χ2n) is 6.11. The van der Waals surface area contributed by atoms with Crippen molar-refractivity contribution in [3.8, 4) is 0 Å². The standard InChI is InChI=1S/C19H18N2O6/c22-18(15-6-8-16(9-7-15)21(24)25)27-17-10-11-20(12-17)19(23)26-13-14-4-2-1-3-5-14/h1-9,17H,10-13H2. The maximum atomic E-state index is 12.1. The Bertz CT molecular complexity index is 822. The number of hydrogen-bond donors (Lipinski definition) is 0. The van der Waals surface area contributed by atoms with Crippen LogP contribution in [0.5, 0.6) is 0 Å². The van der Waals surface area contributed by atoms with Crippen LogP contribution in [-0.2, 0) is 16.1 Å². The van der Waals surface area contributed by atoms with Gasteiger partial charge in [-0.3, -0.25) is 10.1 Å². The van der Waals surface area contributed by atoms with E-state index in [-0.39, 0.29) is 24.4 Å². The summed E-state index contributed by atoms with van der Waals surface area (Å²) in [6, 6.07) is 14.5. The van der Waals surface area contributed by atoms with Crippen molar-refractivity contribution in [1.29, 1.82) is 0 Å². The van der Waals surface area contributed by atoms with Crippen LogP contribution in [0.25, 0.3) is 0 Å². The van der Waals surface area contributed by atoms with Crippen molar-refractivity contribution in [3.05, 3.63) is 75.8 Å². The highest BCUT2D eigenvalue weighted by molar-refractivity contribution is 5.89. The zero-order chi connectivity index (χ0) is 19.2. The van der Waals surface area contributed by atoms with Crippen LogP contribution in [0, 0.1) is 10.1 Å². The minimum atomic E-state index is -0.575. The molecule has 2 aromatic rings. The Morgan fingerprint density at radius 1 is 1.11 bits per heavy atom. The Morgan fingerprint density at radius 3 is 2.48 bits per heavy atom. The van der Waals surface area contributed by atoms with Crippen molar-refractivity contribution in [1.82, 2.24) is 4.90 Å². The van der Waals surface area contributed by atoms with E-state index in [0.29, 0.717) is 13.0 Å². The molecule has 8 heteroatoms. The number of ether oxygens (including phenoxy) is 2. The minimum Gasteiger partial charge on any atom is -0.457 e. The Labute approximate surface area is 155 Å². The summed E-state index contributed by atoms with van der Waals surface area (Å²) < 4.78 is 10.7. The normalized spacial score (nSPS) is 16.0. The van der Waals surface area contributed by atoms with Crippen LogP contribution < -0.4 is 0 Å². The molecule has 140 valence electrons. The maximum Gasteiger partial charge on any atom is 0.410 e. The molecule has 3 rings (SSSR count). The van der Waals surface area contributed by atoms with Crippen LogP contribution in [0.1, 0.15) is 22.3 Å². The van der Waals surface area contributed by atoms with E-state index < -0.39 is 23.1 Å². The molecule has 0 spiro atoms. The van der Waals surface area contributed by atoms with Crippen LogP contribution in [-0.4, -0.2) is 41.1 Å². The first-order chi connectivity index (χ1) is 13.0. The van der Waals surface area contributed by atoms with Crippen molar-refractivity contribution in [2.24, 2.45) is 0 Å². The van der Waals surface area contributed by atoms with Crippen molar-refractivity contribution >= 4 is 17.7 Å². The molecule has 1 saturated heterocycles. The SMILES string of the molecule is O=C(OC1CCN(C(=O)OCc2ccccc2)C1)c1ccc([N+](=O)[O-])cc1. The van der Waals surface area contributed by atoms with Gasteiger partial charge < -0.3 is 14.4 Å². The smallest absolute Gasteiger partial charge is 0.410 e. The van der Waals surface area contributed by atoms with Gasteiger partial charge in [0.05, 0.1) is 17.0 Å². The van der Waals surface area contributed by atoms with Crippen LogP contribution in [0.4, 0.5) is 10.5 Å². The van der Waals surface area contributed by atoms with Crippen molar-refractivity contribution in [2.45, 2.75) is 19.1 Å². The lowest BCUT2D eigenvalue weighted by molar-refractivity contribution is -0.384. The highest BCUT2D eigenvalue weighted by Crippen LogP contribution is 2.18. The zero-order valence-corrected chi connectivity index (χ0v) is 14.4. The Morgan fingerprint density at radius 2 is 1.81 bits per heavy atom. The lowest BCUT2D eigenvalue weighted by Crippen LogP contribution is -2.31. The third-order valence-corrected chi connectivity index (χ3v) is 4.20. The number of esters is 1. The van der Waals surface area contributed by atoms with Gasteiger partial charge in [0.1, 0.15) is 12.7 Å². The molecule has 0 aliphatic carbocycles. The molecule has 0 bridgehead atoms. The quantitative estimate of drug-likeness (QED) is 0.455. The molecule has 1 aliphatic rings.